The minimum Gasteiger partial charge on any atom is -0.444 e. The van der Waals surface area contributed by atoms with E-state index in [0.29, 0.717) is 25.9 Å². The first-order valence-corrected chi connectivity index (χ1v) is 16.0. The van der Waals surface area contributed by atoms with Crippen molar-refractivity contribution in [3.63, 3.8) is 0 Å². The molecule has 0 saturated carbocycles. The van der Waals surface area contributed by atoms with Gasteiger partial charge in [0.25, 0.3) is 0 Å². The third-order valence-corrected chi connectivity index (χ3v) is 8.19. The number of ether oxygens (including phenoxy) is 1. The summed E-state index contributed by atoms with van der Waals surface area (Å²) >= 11 is 0. The first kappa shape index (κ1) is 32.5. The number of rotatable bonds is 10. The maximum absolute atomic E-state index is 13.4. The van der Waals surface area contributed by atoms with Gasteiger partial charge < -0.3 is 20.3 Å². The van der Waals surface area contributed by atoms with Gasteiger partial charge in [-0.15, -0.1) is 0 Å². The Morgan fingerprint density at radius 3 is 1.35 bits per heavy atom. The molecule has 46 heavy (non-hydrogen) atoms. The number of amides is 3. The SMILES string of the molecule is CC(C)(C)OC(=O)N1C[C@@H](C(=O)NCCc2ccc(-c3ccccc3)cc2)[C@H](C(=O)NCCc2ccc(-c3ccccc3)cc2)C1. The number of nitrogens with one attached hydrogen (secondary N) is 2. The topological polar surface area (TPSA) is 87.7 Å². The summed E-state index contributed by atoms with van der Waals surface area (Å²) in [6, 6.07) is 37.0. The van der Waals surface area contributed by atoms with E-state index in [-0.39, 0.29) is 24.9 Å². The summed E-state index contributed by atoms with van der Waals surface area (Å²) in [5, 5.41) is 6.03. The van der Waals surface area contributed by atoms with Gasteiger partial charge in [-0.1, -0.05) is 109 Å². The standard InChI is InChI=1S/C39H43N3O4/c1-39(2,3)46-38(45)42-26-34(36(43)40-24-22-28-14-18-32(19-15-28)30-10-6-4-7-11-30)35(27-42)37(44)41-25-23-29-16-20-33(21-17-29)31-12-8-5-9-13-31/h4-21,34-35H,22-27H2,1-3H3,(H,40,43)(H,41,44)/t34-,35-/m1/s1. The summed E-state index contributed by atoms with van der Waals surface area (Å²) in [5.41, 5.74) is 6.12. The zero-order valence-electron chi connectivity index (χ0n) is 26.9. The van der Waals surface area contributed by atoms with Crippen LogP contribution in [0.4, 0.5) is 4.79 Å². The van der Waals surface area contributed by atoms with Gasteiger partial charge in [0.05, 0.1) is 11.8 Å². The van der Waals surface area contributed by atoms with E-state index in [1.807, 2.05) is 36.4 Å². The second-order valence-corrected chi connectivity index (χ2v) is 12.8. The average Bonchev–Trinajstić information content (AvgIpc) is 3.52. The normalized spacial score (nSPS) is 16.1. The van der Waals surface area contributed by atoms with E-state index in [1.165, 1.54) is 4.90 Å². The van der Waals surface area contributed by atoms with E-state index >= 15 is 0 Å². The van der Waals surface area contributed by atoms with E-state index < -0.39 is 23.5 Å². The molecule has 1 heterocycles. The predicted molar refractivity (Wildman–Crippen MR) is 182 cm³/mol. The van der Waals surface area contributed by atoms with Crippen molar-refractivity contribution in [2.24, 2.45) is 11.8 Å². The summed E-state index contributed by atoms with van der Waals surface area (Å²) in [6.07, 6.45) is 0.796. The van der Waals surface area contributed by atoms with Crippen molar-refractivity contribution in [1.82, 2.24) is 15.5 Å². The maximum atomic E-state index is 13.4. The molecule has 1 aliphatic heterocycles. The molecule has 3 amide bonds. The molecule has 2 N–H and O–H groups in total. The van der Waals surface area contributed by atoms with Crippen LogP contribution in [0.3, 0.4) is 0 Å². The number of carbonyl (C=O) groups excluding carboxylic acids is 3. The van der Waals surface area contributed by atoms with Gasteiger partial charge in [0.1, 0.15) is 5.60 Å². The number of hydrogen-bond donors (Lipinski definition) is 2. The van der Waals surface area contributed by atoms with Crippen molar-refractivity contribution < 1.29 is 19.1 Å². The molecule has 5 rings (SSSR count). The van der Waals surface area contributed by atoms with Gasteiger partial charge >= 0.3 is 6.09 Å². The number of benzene rings is 4. The third kappa shape index (κ3) is 8.84. The molecule has 4 aromatic rings. The fourth-order valence-corrected chi connectivity index (χ4v) is 5.72. The Morgan fingerprint density at radius 2 is 0.978 bits per heavy atom. The number of nitrogens with zero attached hydrogens (tertiary/aromatic N) is 1. The molecular weight excluding hydrogens is 574 g/mol. The van der Waals surface area contributed by atoms with Crippen LogP contribution < -0.4 is 10.6 Å². The Labute approximate surface area is 272 Å². The molecule has 0 bridgehead atoms. The Kier molecular flexibility index (Phi) is 10.5. The Hall–Kier alpha value is -4.91. The molecule has 0 spiro atoms. The van der Waals surface area contributed by atoms with E-state index in [1.54, 1.807) is 20.8 Å². The zero-order chi connectivity index (χ0) is 32.5. The van der Waals surface area contributed by atoms with Crippen LogP contribution in [-0.4, -0.2) is 54.6 Å². The molecule has 7 heteroatoms. The number of likely N-dealkylation sites (tertiary alicyclic amines) is 1. The lowest BCUT2D eigenvalue weighted by atomic mass is 9.94. The second kappa shape index (κ2) is 14.9. The number of carbonyl (C=O) groups is 3. The molecule has 238 valence electrons. The van der Waals surface area contributed by atoms with Crippen molar-refractivity contribution in [3.8, 4) is 22.3 Å². The molecule has 1 fully saturated rings. The summed E-state index contributed by atoms with van der Waals surface area (Å²) in [6.45, 7) is 6.52. The first-order chi connectivity index (χ1) is 22.2. The van der Waals surface area contributed by atoms with Crippen LogP contribution in [0.15, 0.2) is 109 Å². The molecule has 7 nitrogen and oxygen atoms in total. The van der Waals surface area contributed by atoms with Crippen molar-refractivity contribution in [1.29, 1.82) is 0 Å². The minimum absolute atomic E-state index is 0.131. The van der Waals surface area contributed by atoms with Crippen molar-refractivity contribution in [2.75, 3.05) is 26.2 Å². The highest BCUT2D eigenvalue weighted by molar-refractivity contribution is 5.90. The lowest BCUT2D eigenvalue weighted by molar-refractivity contribution is -0.132. The maximum Gasteiger partial charge on any atom is 0.410 e. The van der Waals surface area contributed by atoms with Crippen LogP contribution in [0.25, 0.3) is 22.3 Å². The third-order valence-electron chi connectivity index (χ3n) is 8.19. The van der Waals surface area contributed by atoms with Crippen molar-refractivity contribution in [2.45, 2.75) is 39.2 Å². The first-order valence-electron chi connectivity index (χ1n) is 16.0. The van der Waals surface area contributed by atoms with E-state index in [0.717, 1.165) is 33.4 Å². The van der Waals surface area contributed by atoms with E-state index in [9.17, 15) is 14.4 Å². The molecule has 0 unspecified atom stereocenters. The van der Waals surface area contributed by atoms with Gasteiger partial charge in [0.2, 0.25) is 11.8 Å². The molecule has 0 aliphatic carbocycles. The van der Waals surface area contributed by atoms with Crippen molar-refractivity contribution in [3.05, 3.63) is 120 Å². The largest absolute Gasteiger partial charge is 0.444 e. The fourth-order valence-electron chi connectivity index (χ4n) is 5.72. The Morgan fingerprint density at radius 1 is 0.609 bits per heavy atom. The monoisotopic (exact) mass is 617 g/mol. The summed E-state index contributed by atoms with van der Waals surface area (Å²) in [5.74, 6) is -1.80. The highest BCUT2D eigenvalue weighted by Gasteiger charge is 2.44. The molecule has 1 saturated heterocycles. The zero-order valence-corrected chi connectivity index (χ0v) is 26.9. The van der Waals surface area contributed by atoms with Crippen LogP contribution in [-0.2, 0) is 27.2 Å². The average molecular weight is 618 g/mol. The van der Waals surface area contributed by atoms with Crippen LogP contribution in [0.2, 0.25) is 0 Å². The number of hydrogen-bond acceptors (Lipinski definition) is 4. The van der Waals surface area contributed by atoms with Gasteiger partial charge in [-0.05, 0) is 67.0 Å². The van der Waals surface area contributed by atoms with Crippen LogP contribution >= 0.6 is 0 Å². The highest BCUT2D eigenvalue weighted by atomic mass is 16.6. The lowest BCUT2D eigenvalue weighted by Gasteiger charge is -2.24. The van der Waals surface area contributed by atoms with Gasteiger partial charge in [-0.3, -0.25) is 9.59 Å². The smallest absolute Gasteiger partial charge is 0.410 e. The van der Waals surface area contributed by atoms with Gasteiger partial charge in [0.15, 0.2) is 0 Å². The lowest BCUT2D eigenvalue weighted by Crippen LogP contribution is -2.42. The Bertz CT molecular complexity index is 1490. The quantitative estimate of drug-likeness (QED) is 0.212. The molecular formula is C39H43N3O4. The van der Waals surface area contributed by atoms with Crippen molar-refractivity contribution >= 4 is 17.9 Å². The molecule has 0 aromatic heterocycles. The summed E-state index contributed by atoms with van der Waals surface area (Å²) in [4.78, 5) is 41.2. The minimum atomic E-state index is -0.679. The molecule has 2 atom stereocenters. The van der Waals surface area contributed by atoms with Crippen LogP contribution in [0, 0.1) is 11.8 Å². The van der Waals surface area contributed by atoms with Gasteiger partial charge in [-0.25, -0.2) is 4.79 Å². The van der Waals surface area contributed by atoms with Crippen LogP contribution in [0.5, 0.6) is 0 Å². The molecule has 0 radical (unpaired) electrons. The molecule has 1 aliphatic rings. The highest BCUT2D eigenvalue weighted by Crippen LogP contribution is 2.26. The summed E-state index contributed by atoms with van der Waals surface area (Å²) in [7, 11) is 0. The van der Waals surface area contributed by atoms with Gasteiger partial charge in [-0.2, -0.15) is 0 Å². The van der Waals surface area contributed by atoms with E-state index in [4.69, 9.17) is 4.74 Å². The fraction of sp³-hybridized carbons (Fsp3) is 0.308. The Balaban J connectivity index is 1.16. The predicted octanol–water partition coefficient (Wildman–Crippen LogP) is 6.52. The van der Waals surface area contributed by atoms with Gasteiger partial charge in [0, 0.05) is 26.2 Å². The summed E-state index contributed by atoms with van der Waals surface area (Å²) < 4.78 is 5.56. The second-order valence-electron chi connectivity index (χ2n) is 12.8. The van der Waals surface area contributed by atoms with E-state index in [2.05, 4.69) is 83.4 Å². The van der Waals surface area contributed by atoms with Crippen LogP contribution in [0.1, 0.15) is 31.9 Å². The molecule has 4 aromatic carbocycles.